The third-order valence-electron chi connectivity index (χ3n) is 1.98. The van der Waals surface area contributed by atoms with E-state index in [1.54, 1.807) is 18.1 Å². The molecule has 1 aliphatic heterocycles. The average molecular weight is 184 g/mol. The molecule has 2 rings (SSSR count). The maximum Gasteiger partial charge on any atom is 0.183 e. The Morgan fingerprint density at radius 1 is 1.67 bits per heavy atom. The molecule has 0 spiro atoms. The SMILES string of the molecule is c1n[nH]c(SCC2CCCN2)n1. The maximum absolute atomic E-state index is 4.05. The summed E-state index contributed by atoms with van der Waals surface area (Å²) in [5, 5.41) is 11.0. The first-order valence-corrected chi connectivity index (χ1v) is 5.15. The molecule has 5 heteroatoms. The molecular weight excluding hydrogens is 172 g/mol. The Labute approximate surface area is 75.5 Å². The summed E-state index contributed by atoms with van der Waals surface area (Å²) < 4.78 is 0. The van der Waals surface area contributed by atoms with Crippen molar-refractivity contribution in [3.05, 3.63) is 6.33 Å². The summed E-state index contributed by atoms with van der Waals surface area (Å²) in [6.07, 6.45) is 4.15. The molecule has 0 aromatic carbocycles. The third-order valence-corrected chi connectivity index (χ3v) is 3.02. The second kappa shape index (κ2) is 3.91. The molecule has 12 heavy (non-hydrogen) atoms. The Morgan fingerprint density at radius 3 is 3.33 bits per heavy atom. The van der Waals surface area contributed by atoms with Gasteiger partial charge in [-0.3, -0.25) is 5.10 Å². The van der Waals surface area contributed by atoms with Crippen LogP contribution in [-0.2, 0) is 0 Å². The smallest absolute Gasteiger partial charge is 0.183 e. The number of rotatable bonds is 3. The van der Waals surface area contributed by atoms with Crippen LogP contribution in [-0.4, -0.2) is 33.5 Å². The fraction of sp³-hybridized carbons (Fsp3) is 0.714. The van der Waals surface area contributed by atoms with Gasteiger partial charge in [-0.25, -0.2) is 4.98 Å². The van der Waals surface area contributed by atoms with Crippen LogP contribution < -0.4 is 5.32 Å². The number of nitrogens with one attached hydrogen (secondary N) is 2. The van der Waals surface area contributed by atoms with E-state index >= 15 is 0 Å². The molecule has 0 saturated carbocycles. The van der Waals surface area contributed by atoms with Crippen molar-refractivity contribution in [2.24, 2.45) is 0 Å². The maximum atomic E-state index is 4.05. The predicted molar refractivity (Wildman–Crippen MR) is 48.1 cm³/mol. The van der Waals surface area contributed by atoms with E-state index < -0.39 is 0 Å². The van der Waals surface area contributed by atoms with Crippen LogP contribution in [0, 0.1) is 0 Å². The first-order valence-electron chi connectivity index (χ1n) is 4.17. The lowest BCUT2D eigenvalue weighted by Crippen LogP contribution is -2.23. The molecule has 1 saturated heterocycles. The number of thioether (sulfide) groups is 1. The van der Waals surface area contributed by atoms with Gasteiger partial charge in [0, 0.05) is 11.8 Å². The minimum Gasteiger partial charge on any atom is -0.313 e. The molecule has 0 bridgehead atoms. The first-order chi connectivity index (χ1) is 5.95. The van der Waals surface area contributed by atoms with Gasteiger partial charge in [0.2, 0.25) is 0 Å². The average Bonchev–Trinajstić information content (AvgIpc) is 2.74. The van der Waals surface area contributed by atoms with E-state index in [1.807, 2.05) is 0 Å². The van der Waals surface area contributed by atoms with E-state index in [2.05, 4.69) is 20.5 Å². The predicted octanol–water partition coefficient (Wildman–Crippen LogP) is 0.649. The first kappa shape index (κ1) is 8.07. The van der Waals surface area contributed by atoms with Crippen molar-refractivity contribution in [1.29, 1.82) is 0 Å². The number of hydrogen-bond acceptors (Lipinski definition) is 4. The van der Waals surface area contributed by atoms with Crippen molar-refractivity contribution >= 4 is 11.8 Å². The van der Waals surface area contributed by atoms with Gasteiger partial charge in [-0.05, 0) is 19.4 Å². The van der Waals surface area contributed by atoms with Crippen molar-refractivity contribution in [3.8, 4) is 0 Å². The van der Waals surface area contributed by atoms with Gasteiger partial charge in [0.1, 0.15) is 6.33 Å². The second-order valence-corrected chi connectivity index (χ2v) is 3.90. The topological polar surface area (TPSA) is 53.6 Å². The molecule has 0 radical (unpaired) electrons. The lowest BCUT2D eigenvalue weighted by Gasteiger charge is -2.06. The van der Waals surface area contributed by atoms with Crippen molar-refractivity contribution in [2.75, 3.05) is 12.3 Å². The van der Waals surface area contributed by atoms with Crippen LogP contribution in [0.15, 0.2) is 11.5 Å². The molecule has 1 fully saturated rings. The summed E-state index contributed by atoms with van der Waals surface area (Å²) in [4.78, 5) is 4.05. The summed E-state index contributed by atoms with van der Waals surface area (Å²) in [7, 11) is 0. The van der Waals surface area contributed by atoms with Crippen LogP contribution in [0.2, 0.25) is 0 Å². The zero-order valence-corrected chi connectivity index (χ0v) is 7.60. The number of aromatic amines is 1. The molecule has 0 amide bonds. The molecule has 1 aromatic rings. The molecule has 2 heterocycles. The van der Waals surface area contributed by atoms with Gasteiger partial charge in [0.15, 0.2) is 5.16 Å². The molecule has 1 aromatic heterocycles. The summed E-state index contributed by atoms with van der Waals surface area (Å²) in [6.45, 7) is 1.17. The van der Waals surface area contributed by atoms with E-state index in [0.29, 0.717) is 6.04 Å². The summed E-state index contributed by atoms with van der Waals surface area (Å²) >= 11 is 1.73. The third kappa shape index (κ3) is 1.98. The van der Waals surface area contributed by atoms with E-state index in [4.69, 9.17) is 0 Å². The Morgan fingerprint density at radius 2 is 2.67 bits per heavy atom. The highest BCUT2D eigenvalue weighted by molar-refractivity contribution is 7.99. The Hall–Kier alpha value is -0.550. The van der Waals surface area contributed by atoms with Crippen molar-refractivity contribution < 1.29 is 0 Å². The number of H-pyrrole nitrogens is 1. The molecule has 66 valence electrons. The molecule has 1 atom stereocenters. The number of hydrogen-bond donors (Lipinski definition) is 2. The van der Waals surface area contributed by atoms with Crippen LogP contribution in [0.25, 0.3) is 0 Å². The van der Waals surface area contributed by atoms with E-state index in [-0.39, 0.29) is 0 Å². The highest BCUT2D eigenvalue weighted by Crippen LogP contribution is 2.16. The standard InChI is InChI=1S/C7H12N4S/c1-2-6(8-3-1)4-12-7-9-5-10-11-7/h5-6,8H,1-4H2,(H,9,10,11). The highest BCUT2D eigenvalue weighted by atomic mass is 32.2. The molecule has 1 aliphatic rings. The molecule has 0 aliphatic carbocycles. The zero-order chi connectivity index (χ0) is 8.23. The van der Waals surface area contributed by atoms with E-state index in [9.17, 15) is 0 Å². The fourth-order valence-corrected chi connectivity index (χ4v) is 2.22. The summed E-state index contributed by atoms with van der Waals surface area (Å²) in [5.74, 6) is 1.09. The van der Waals surface area contributed by atoms with Gasteiger partial charge in [-0.1, -0.05) is 11.8 Å². The molecular formula is C7H12N4S. The molecule has 4 nitrogen and oxygen atoms in total. The van der Waals surface area contributed by atoms with Gasteiger partial charge in [-0.2, -0.15) is 5.10 Å². The zero-order valence-electron chi connectivity index (χ0n) is 6.79. The lowest BCUT2D eigenvalue weighted by molar-refractivity contribution is 0.673. The van der Waals surface area contributed by atoms with Gasteiger partial charge in [0.25, 0.3) is 0 Å². The van der Waals surface area contributed by atoms with Crippen molar-refractivity contribution in [2.45, 2.75) is 24.0 Å². The van der Waals surface area contributed by atoms with E-state index in [0.717, 1.165) is 10.9 Å². The minimum absolute atomic E-state index is 0.667. The largest absolute Gasteiger partial charge is 0.313 e. The highest BCUT2D eigenvalue weighted by Gasteiger charge is 2.14. The monoisotopic (exact) mass is 184 g/mol. The van der Waals surface area contributed by atoms with Gasteiger partial charge in [-0.15, -0.1) is 0 Å². The van der Waals surface area contributed by atoms with Gasteiger partial charge >= 0.3 is 0 Å². The minimum atomic E-state index is 0.667. The second-order valence-electron chi connectivity index (χ2n) is 2.89. The Bertz CT molecular complexity index is 217. The van der Waals surface area contributed by atoms with Crippen LogP contribution >= 0.6 is 11.8 Å². The summed E-state index contributed by atoms with van der Waals surface area (Å²) in [6, 6.07) is 0.667. The quantitative estimate of drug-likeness (QED) is 0.677. The van der Waals surface area contributed by atoms with Crippen molar-refractivity contribution in [1.82, 2.24) is 20.5 Å². The Balaban J connectivity index is 1.74. The number of nitrogens with zero attached hydrogens (tertiary/aromatic N) is 2. The van der Waals surface area contributed by atoms with Gasteiger partial charge in [0.05, 0.1) is 0 Å². The van der Waals surface area contributed by atoms with Crippen LogP contribution in [0.5, 0.6) is 0 Å². The Kier molecular flexibility index (Phi) is 2.63. The normalized spacial score (nSPS) is 23.2. The lowest BCUT2D eigenvalue weighted by atomic mass is 10.3. The fourth-order valence-electron chi connectivity index (χ4n) is 1.34. The van der Waals surface area contributed by atoms with Crippen molar-refractivity contribution in [3.63, 3.8) is 0 Å². The number of aromatic nitrogens is 3. The van der Waals surface area contributed by atoms with E-state index in [1.165, 1.54) is 19.4 Å². The van der Waals surface area contributed by atoms with Crippen LogP contribution in [0.1, 0.15) is 12.8 Å². The van der Waals surface area contributed by atoms with Crippen LogP contribution in [0.4, 0.5) is 0 Å². The molecule has 1 unspecified atom stereocenters. The summed E-state index contributed by atoms with van der Waals surface area (Å²) in [5.41, 5.74) is 0. The molecule has 2 N–H and O–H groups in total. The van der Waals surface area contributed by atoms with Crippen LogP contribution in [0.3, 0.4) is 0 Å². The van der Waals surface area contributed by atoms with Gasteiger partial charge < -0.3 is 5.32 Å².